The Hall–Kier alpha value is -2.50. The number of aromatic nitrogens is 2. The van der Waals surface area contributed by atoms with Gasteiger partial charge in [0.2, 0.25) is 0 Å². The molecule has 132 valence electrons. The highest BCUT2D eigenvalue weighted by Crippen LogP contribution is 2.28. The van der Waals surface area contributed by atoms with E-state index in [4.69, 9.17) is 4.74 Å². The number of methoxy groups -OCH3 is 1. The minimum absolute atomic E-state index is 0.0570. The second kappa shape index (κ2) is 6.78. The molecular formula is C19H24N4O2. The maximum atomic E-state index is 12.8. The third-order valence-electron chi connectivity index (χ3n) is 5.12. The summed E-state index contributed by atoms with van der Waals surface area (Å²) in [6.07, 6.45) is 5.26. The number of hydrogen-bond donors (Lipinski definition) is 0. The standard InChI is InChI=1S/C19H24N4O2/c1-25-17-7-3-2-6-16(17)21-10-12-22(13-11-21)19(24)15-14-23-9-5-4-8-18(23)20-15/h2-3,6-7,14H,4-5,8-13H2,1H3. The molecule has 0 N–H and O–H groups in total. The van der Waals surface area contributed by atoms with Gasteiger partial charge in [-0.25, -0.2) is 4.98 Å². The van der Waals surface area contributed by atoms with Gasteiger partial charge in [-0.05, 0) is 25.0 Å². The third-order valence-corrected chi connectivity index (χ3v) is 5.12. The number of ether oxygens (including phenoxy) is 1. The van der Waals surface area contributed by atoms with Crippen molar-refractivity contribution in [3.05, 3.63) is 42.0 Å². The van der Waals surface area contributed by atoms with E-state index >= 15 is 0 Å². The van der Waals surface area contributed by atoms with Gasteiger partial charge >= 0.3 is 0 Å². The fourth-order valence-electron chi connectivity index (χ4n) is 3.72. The van der Waals surface area contributed by atoms with E-state index in [1.807, 2.05) is 29.3 Å². The summed E-state index contributed by atoms with van der Waals surface area (Å²) in [5.41, 5.74) is 1.69. The van der Waals surface area contributed by atoms with Crippen LogP contribution in [0.1, 0.15) is 29.2 Å². The van der Waals surface area contributed by atoms with Crippen molar-refractivity contribution in [2.75, 3.05) is 38.2 Å². The molecule has 6 nitrogen and oxygen atoms in total. The first-order valence-electron chi connectivity index (χ1n) is 8.99. The number of amides is 1. The molecule has 0 radical (unpaired) electrons. The molecule has 0 unspecified atom stereocenters. The fourth-order valence-corrected chi connectivity index (χ4v) is 3.72. The molecule has 0 aliphatic carbocycles. The maximum absolute atomic E-state index is 12.8. The topological polar surface area (TPSA) is 50.6 Å². The smallest absolute Gasteiger partial charge is 0.274 e. The number of para-hydroxylation sites is 2. The number of imidazole rings is 1. The first-order valence-corrected chi connectivity index (χ1v) is 8.99. The maximum Gasteiger partial charge on any atom is 0.274 e. The number of aryl methyl sites for hydroxylation is 2. The van der Waals surface area contributed by atoms with Crippen LogP contribution in [0.2, 0.25) is 0 Å². The van der Waals surface area contributed by atoms with E-state index in [1.165, 1.54) is 12.8 Å². The first kappa shape index (κ1) is 16.0. The Morgan fingerprint density at radius 3 is 2.64 bits per heavy atom. The lowest BCUT2D eigenvalue weighted by atomic mass is 10.2. The second-order valence-corrected chi connectivity index (χ2v) is 6.64. The molecule has 4 rings (SSSR count). The van der Waals surface area contributed by atoms with Gasteiger partial charge in [0.1, 0.15) is 17.3 Å². The van der Waals surface area contributed by atoms with Gasteiger partial charge in [0.15, 0.2) is 0 Å². The summed E-state index contributed by atoms with van der Waals surface area (Å²) in [6.45, 7) is 4.01. The van der Waals surface area contributed by atoms with Crippen LogP contribution in [-0.2, 0) is 13.0 Å². The zero-order valence-electron chi connectivity index (χ0n) is 14.6. The number of fused-ring (bicyclic) bond motifs is 1. The highest BCUT2D eigenvalue weighted by Gasteiger charge is 2.26. The Balaban J connectivity index is 1.43. The van der Waals surface area contributed by atoms with Gasteiger partial charge in [0, 0.05) is 45.3 Å². The number of benzene rings is 1. The van der Waals surface area contributed by atoms with Crippen LogP contribution < -0.4 is 9.64 Å². The monoisotopic (exact) mass is 340 g/mol. The Morgan fingerprint density at radius 1 is 1.08 bits per heavy atom. The van der Waals surface area contributed by atoms with Crippen LogP contribution in [0, 0.1) is 0 Å². The molecule has 2 aromatic rings. The van der Waals surface area contributed by atoms with E-state index in [0.717, 1.165) is 43.3 Å². The van der Waals surface area contributed by atoms with Gasteiger partial charge in [0.25, 0.3) is 5.91 Å². The van der Waals surface area contributed by atoms with Crippen molar-refractivity contribution in [2.24, 2.45) is 0 Å². The van der Waals surface area contributed by atoms with Gasteiger partial charge in [0.05, 0.1) is 12.8 Å². The molecular weight excluding hydrogens is 316 g/mol. The zero-order valence-corrected chi connectivity index (χ0v) is 14.6. The van der Waals surface area contributed by atoms with Crippen molar-refractivity contribution in [3.8, 4) is 5.75 Å². The number of carbonyl (C=O) groups excluding carboxylic acids is 1. The quantitative estimate of drug-likeness (QED) is 0.859. The summed E-state index contributed by atoms with van der Waals surface area (Å²) in [5.74, 6) is 1.99. The highest BCUT2D eigenvalue weighted by molar-refractivity contribution is 5.92. The SMILES string of the molecule is COc1ccccc1N1CCN(C(=O)c2cn3c(n2)CCCC3)CC1. The molecule has 1 saturated heterocycles. The van der Waals surface area contributed by atoms with Gasteiger partial charge < -0.3 is 19.1 Å². The summed E-state index contributed by atoms with van der Waals surface area (Å²) < 4.78 is 7.59. The predicted octanol–water partition coefficient (Wildman–Crippen LogP) is 2.19. The van der Waals surface area contributed by atoms with E-state index in [0.29, 0.717) is 18.8 Å². The number of piperazine rings is 1. The molecule has 1 amide bonds. The third kappa shape index (κ3) is 3.08. The molecule has 1 fully saturated rings. The zero-order chi connectivity index (χ0) is 17.2. The Labute approximate surface area is 148 Å². The minimum atomic E-state index is 0.0570. The van der Waals surface area contributed by atoms with E-state index in [2.05, 4.69) is 20.5 Å². The Morgan fingerprint density at radius 2 is 1.88 bits per heavy atom. The van der Waals surface area contributed by atoms with Gasteiger partial charge in [-0.1, -0.05) is 12.1 Å². The van der Waals surface area contributed by atoms with Crippen LogP contribution in [0.25, 0.3) is 0 Å². The number of anilines is 1. The largest absolute Gasteiger partial charge is 0.495 e. The number of hydrogen-bond acceptors (Lipinski definition) is 4. The van der Waals surface area contributed by atoms with E-state index in [9.17, 15) is 4.79 Å². The molecule has 25 heavy (non-hydrogen) atoms. The van der Waals surface area contributed by atoms with Crippen molar-refractivity contribution in [1.82, 2.24) is 14.5 Å². The van der Waals surface area contributed by atoms with Crippen molar-refractivity contribution in [1.29, 1.82) is 0 Å². The van der Waals surface area contributed by atoms with Crippen LogP contribution in [0.3, 0.4) is 0 Å². The molecule has 0 saturated carbocycles. The molecule has 1 aromatic carbocycles. The van der Waals surface area contributed by atoms with E-state index in [-0.39, 0.29) is 5.91 Å². The molecule has 0 bridgehead atoms. The number of rotatable bonds is 3. The van der Waals surface area contributed by atoms with E-state index < -0.39 is 0 Å². The Bertz CT molecular complexity index is 739. The van der Waals surface area contributed by atoms with E-state index in [1.54, 1.807) is 7.11 Å². The number of carbonyl (C=O) groups is 1. The van der Waals surface area contributed by atoms with Crippen LogP contribution in [-0.4, -0.2) is 53.6 Å². The average molecular weight is 340 g/mol. The summed E-state index contributed by atoms with van der Waals surface area (Å²) in [7, 11) is 1.69. The van der Waals surface area contributed by atoms with Crippen LogP contribution in [0.5, 0.6) is 5.75 Å². The summed E-state index contributed by atoms with van der Waals surface area (Å²) in [5, 5.41) is 0. The first-order chi connectivity index (χ1) is 12.3. The molecule has 2 aliphatic rings. The lowest BCUT2D eigenvalue weighted by molar-refractivity contribution is 0.0741. The molecule has 0 spiro atoms. The van der Waals surface area contributed by atoms with Crippen LogP contribution in [0.15, 0.2) is 30.5 Å². The second-order valence-electron chi connectivity index (χ2n) is 6.64. The minimum Gasteiger partial charge on any atom is -0.495 e. The van der Waals surface area contributed by atoms with Crippen molar-refractivity contribution >= 4 is 11.6 Å². The normalized spacial score (nSPS) is 17.3. The molecule has 2 aliphatic heterocycles. The summed E-state index contributed by atoms with van der Waals surface area (Å²) in [6, 6.07) is 8.04. The molecule has 6 heteroatoms. The summed E-state index contributed by atoms with van der Waals surface area (Å²) in [4.78, 5) is 21.6. The molecule has 3 heterocycles. The van der Waals surface area contributed by atoms with Crippen LogP contribution >= 0.6 is 0 Å². The lowest BCUT2D eigenvalue weighted by Gasteiger charge is -2.36. The highest BCUT2D eigenvalue weighted by atomic mass is 16.5. The van der Waals surface area contributed by atoms with Crippen molar-refractivity contribution < 1.29 is 9.53 Å². The van der Waals surface area contributed by atoms with Crippen molar-refractivity contribution in [2.45, 2.75) is 25.8 Å². The van der Waals surface area contributed by atoms with Crippen molar-refractivity contribution in [3.63, 3.8) is 0 Å². The molecule has 1 aromatic heterocycles. The summed E-state index contributed by atoms with van der Waals surface area (Å²) >= 11 is 0. The van der Waals surface area contributed by atoms with Gasteiger partial charge in [-0.15, -0.1) is 0 Å². The predicted molar refractivity (Wildman–Crippen MR) is 96.3 cm³/mol. The number of nitrogens with zero attached hydrogens (tertiary/aromatic N) is 4. The van der Waals surface area contributed by atoms with Crippen LogP contribution in [0.4, 0.5) is 5.69 Å². The van der Waals surface area contributed by atoms with Gasteiger partial charge in [-0.3, -0.25) is 4.79 Å². The average Bonchev–Trinajstić information content (AvgIpc) is 3.12. The fraction of sp³-hybridized carbons (Fsp3) is 0.474. The van der Waals surface area contributed by atoms with Gasteiger partial charge in [-0.2, -0.15) is 0 Å². The molecule has 0 atom stereocenters. The lowest BCUT2D eigenvalue weighted by Crippen LogP contribution is -2.49. The Kier molecular flexibility index (Phi) is 4.34.